The minimum absolute atomic E-state index is 0.0620. The van der Waals surface area contributed by atoms with E-state index in [4.69, 9.17) is 22.4 Å². The predicted octanol–water partition coefficient (Wildman–Crippen LogP) is 1.75. The Labute approximate surface area is 92.3 Å². The molecule has 0 amide bonds. The maximum absolute atomic E-state index is 10.8. The van der Waals surface area contributed by atoms with Crippen LogP contribution < -0.4 is 5.73 Å². The quantitative estimate of drug-likeness (QED) is 0.721. The van der Waals surface area contributed by atoms with Crippen molar-refractivity contribution in [1.82, 2.24) is 0 Å². The lowest BCUT2D eigenvalue weighted by molar-refractivity contribution is -0.138. The molecule has 0 aliphatic rings. The summed E-state index contributed by atoms with van der Waals surface area (Å²) in [5.41, 5.74) is 7.09. The molecule has 0 aliphatic heterocycles. The highest BCUT2D eigenvalue weighted by Crippen LogP contribution is 2.34. The number of carboxylic acid groups (broad SMARTS) is 1. The highest BCUT2D eigenvalue weighted by molar-refractivity contribution is 6.32. The number of hydrogen-bond acceptors (Lipinski definition) is 3. The highest BCUT2D eigenvalue weighted by Gasteiger charge is 2.21. The van der Waals surface area contributed by atoms with Gasteiger partial charge in [-0.25, -0.2) is 0 Å². The molecule has 1 aromatic rings. The zero-order chi connectivity index (χ0) is 11.7. The monoisotopic (exact) mass is 229 g/mol. The minimum Gasteiger partial charge on any atom is -0.506 e. The standard InChI is InChI=1S/C10H12ClNO3/c1-4-3-6(13)8(11)5(2)7(4)9(12)10(14)15/h3,9,13H,12H2,1-2H3,(H,14,15). The van der Waals surface area contributed by atoms with Crippen LogP contribution in [0.15, 0.2) is 6.07 Å². The van der Waals surface area contributed by atoms with Crippen molar-refractivity contribution in [3.8, 4) is 5.75 Å². The average molecular weight is 230 g/mol. The van der Waals surface area contributed by atoms with Crippen LogP contribution in [-0.4, -0.2) is 16.2 Å². The van der Waals surface area contributed by atoms with Gasteiger partial charge >= 0.3 is 5.97 Å². The van der Waals surface area contributed by atoms with Gasteiger partial charge in [0.25, 0.3) is 0 Å². The second kappa shape index (κ2) is 4.08. The van der Waals surface area contributed by atoms with Crippen LogP contribution in [0.25, 0.3) is 0 Å². The van der Waals surface area contributed by atoms with Gasteiger partial charge in [0.2, 0.25) is 0 Å². The Balaban J connectivity index is 3.42. The summed E-state index contributed by atoms with van der Waals surface area (Å²) < 4.78 is 0. The van der Waals surface area contributed by atoms with E-state index in [0.29, 0.717) is 16.7 Å². The van der Waals surface area contributed by atoms with Crippen molar-refractivity contribution in [2.45, 2.75) is 19.9 Å². The van der Waals surface area contributed by atoms with Crippen molar-refractivity contribution >= 4 is 17.6 Å². The summed E-state index contributed by atoms with van der Waals surface area (Å²) in [6, 6.07) is 0.288. The number of benzene rings is 1. The molecule has 1 unspecified atom stereocenters. The Kier molecular flexibility index (Phi) is 3.21. The molecule has 4 N–H and O–H groups in total. The van der Waals surface area contributed by atoms with Gasteiger partial charge in [0.15, 0.2) is 0 Å². The summed E-state index contributed by atoms with van der Waals surface area (Å²) >= 11 is 5.81. The molecule has 0 bridgehead atoms. The number of phenolic OH excluding ortho intramolecular Hbond substituents is 1. The van der Waals surface area contributed by atoms with Crippen LogP contribution in [0.1, 0.15) is 22.7 Å². The first kappa shape index (κ1) is 11.8. The second-order valence-corrected chi connectivity index (χ2v) is 3.76. The number of aromatic hydroxyl groups is 1. The van der Waals surface area contributed by atoms with E-state index in [2.05, 4.69) is 0 Å². The summed E-state index contributed by atoms with van der Waals surface area (Å²) in [5.74, 6) is -1.18. The third-order valence-corrected chi connectivity index (χ3v) is 2.79. The fourth-order valence-electron chi connectivity index (χ4n) is 1.55. The Bertz CT molecular complexity index is 418. The van der Waals surface area contributed by atoms with E-state index in [1.807, 2.05) is 0 Å². The molecule has 0 aromatic heterocycles. The van der Waals surface area contributed by atoms with Crippen LogP contribution in [0.4, 0.5) is 0 Å². The zero-order valence-corrected chi connectivity index (χ0v) is 9.17. The maximum atomic E-state index is 10.8. The van der Waals surface area contributed by atoms with Gasteiger partial charge in [0.1, 0.15) is 11.8 Å². The number of hydrogen-bond donors (Lipinski definition) is 3. The summed E-state index contributed by atoms with van der Waals surface area (Å²) in [7, 11) is 0. The number of carboxylic acids is 1. The van der Waals surface area contributed by atoms with Gasteiger partial charge in [-0.15, -0.1) is 0 Å². The molecule has 0 saturated carbocycles. The molecule has 5 heteroatoms. The van der Waals surface area contributed by atoms with Crippen LogP contribution in [0.2, 0.25) is 5.02 Å². The molecule has 0 heterocycles. The van der Waals surface area contributed by atoms with E-state index < -0.39 is 12.0 Å². The van der Waals surface area contributed by atoms with Crippen LogP contribution in [0.5, 0.6) is 5.75 Å². The minimum atomic E-state index is -1.12. The number of rotatable bonds is 2. The summed E-state index contributed by atoms with van der Waals surface area (Å²) in [6.45, 7) is 3.31. The largest absolute Gasteiger partial charge is 0.506 e. The van der Waals surface area contributed by atoms with E-state index in [0.717, 1.165) is 0 Å². The van der Waals surface area contributed by atoms with Crippen LogP contribution in [0.3, 0.4) is 0 Å². The average Bonchev–Trinajstić information content (AvgIpc) is 2.14. The smallest absolute Gasteiger partial charge is 0.325 e. The van der Waals surface area contributed by atoms with Crippen molar-refractivity contribution in [3.63, 3.8) is 0 Å². The van der Waals surface area contributed by atoms with E-state index in [1.54, 1.807) is 13.8 Å². The Hall–Kier alpha value is -1.26. The molecule has 0 saturated heterocycles. The molecular weight excluding hydrogens is 218 g/mol. The van der Waals surface area contributed by atoms with Gasteiger partial charge in [-0.3, -0.25) is 4.79 Å². The Morgan fingerprint density at radius 2 is 2.07 bits per heavy atom. The first-order valence-electron chi connectivity index (χ1n) is 4.33. The number of carbonyl (C=O) groups is 1. The lowest BCUT2D eigenvalue weighted by Gasteiger charge is -2.15. The second-order valence-electron chi connectivity index (χ2n) is 3.38. The van der Waals surface area contributed by atoms with E-state index in [1.165, 1.54) is 6.07 Å². The van der Waals surface area contributed by atoms with Gasteiger partial charge in [0.05, 0.1) is 5.02 Å². The van der Waals surface area contributed by atoms with Crippen LogP contribution in [0, 0.1) is 13.8 Å². The van der Waals surface area contributed by atoms with E-state index >= 15 is 0 Å². The summed E-state index contributed by atoms with van der Waals surface area (Å²) in [5, 5.41) is 18.4. The third kappa shape index (κ3) is 2.06. The molecule has 0 radical (unpaired) electrons. The molecule has 82 valence electrons. The molecular formula is C10H12ClNO3. The van der Waals surface area contributed by atoms with Crippen molar-refractivity contribution < 1.29 is 15.0 Å². The fraction of sp³-hybridized carbons (Fsp3) is 0.300. The summed E-state index contributed by atoms with van der Waals surface area (Å²) in [4.78, 5) is 10.8. The predicted molar refractivity (Wildman–Crippen MR) is 57.2 cm³/mol. The van der Waals surface area contributed by atoms with Gasteiger partial charge in [-0.1, -0.05) is 11.6 Å². The molecule has 1 aromatic carbocycles. The van der Waals surface area contributed by atoms with Gasteiger partial charge in [0, 0.05) is 0 Å². The number of aryl methyl sites for hydroxylation is 1. The van der Waals surface area contributed by atoms with Crippen molar-refractivity contribution in [3.05, 3.63) is 27.8 Å². The van der Waals surface area contributed by atoms with Gasteiger partial charge < -0.3 is 15.9 Å². The Morgan fingerprint density at radius 1 is 1.53 bits per heavy atom. The Morgan fingerprint density at radius 3 is 2.53 bits per heavy atom. The zero-order valence-electron chi connectivity index (χ0n) is 8.41. The molecule has 1 rings (SSSR count). The number of nitrogens with two attached hydrogens (primary N) is 1. The molecule has 0 spiro atoms. The van der Waals surface area contributed by atoms with Crippen molar-refractivity contribution in [1.29, 1.82) is 0 Å². The number of halogens is 1. The maximum Gasteiger partial charge on any atom is 0.325 e. The fourth-order valence-corrected chi connectivity index (χ4v) is 1.71. The number of aliphatic carboxylic acids is 1. The molecule has 15 heavy (non-hydrogen) atoms. The molecule has 1 atom stereocenters. The van der Waals surface area contributed by atoms with Crippen LogP contribution >= 0.6 is 11.6 Å². The van der Waals surface area contributed by atoms with Crippen LogP contribution in [-0.2, 0) is 4.79 Å². The SMILES string of the molecule is Cc1cc(O)c(Cl)c(C)c1C(N)C(=O)O. The third-order valence-electron chi connectivity index (χ3n) is 2.31. The van der Waals surface area contributed by atoms with Gasteiger partial charge in [-0.05, 0) is 36.6 Å². The molecule has 0 fully saturated rings. The first-order chi connectivity index (χ1) is 6.86. The lowest BCUT2D eigenvalue weighted by Crippen LogP contribution is -2.22. The summed E-state index contributed by atoms with van der Waals surface area (Å²) in [6.07, 6.45) is 0. The van der Waals surface area contributed by atoms with E-state index in [-0.39, 0.29) is 10.8 Å². The normalized spacial score (nSPS) is 12.5. The van der Waals surface area contributed by atoms with Gasteiger partial charge in [-0.2, -0.15) is 0 Å². The highest BCUT2D eigenvalue weighted by atomic mass is 35.5. The molecule has 4 nitrogen and oxygen atoms in total. The topological polar surface area (TPSA) is 83.5 Å². The van der Waals surface area contributed by atoms with Crippen molar-refractivity contribution in [2.24, 2.45) is 5.73 Å². The molecule has 0 aliphatic carbocycles. The van der Waals surface area contributed by atoms with Crippen molar-refractivity contribution in [2.75, 3.05) is 0 Å². The first-order valence-corrected chi connectivity index (χ1v) is 4.71. The lowest BCUT2D eigenvalue weighted by atomic mass is 9.96. The van der Waals surface area contributed by atoms with E-state index in [9.17, 15) is 9.90 Å². The number of phenols is 1.